The van der Waals surface area contributed by atoms with Crippen LogP contribution in [0.25, 0.3) is 0 Å². The van der Waals surface area contributed by atoms with Crippen LogP contribution in [0, 0.1) is 12.3 Å². The number of thiazole rings is 1. The van der Waals surface area contributed by atoms with Crippen molar-refractivity contribution >= 4 is 27.3 Å². The zero-order chi connectivity index (χ0) is 16.0. The molecule has 1 amide bonds. The molecule has 1 spiro atoms. The molecule has 2 aliphatic rings. The predicted molar refractivity (Wildman–Crippen MR) is 85.0 cm³/mol. The molecule has 2 saturated heterocycles. The van der Waals surface area contributed by atoms with Crippen molar-refractivity contribution in [1.82, 2.24) is 14.2 Å². The third-order valence-electron chi connectivity index (χ3n) is 4.63. The largest absolute Gasteiger partial charge is 0.336 e. The number of amides is 1. The lowest BCUT2D eigenvalue weighted by atomic mass is 9.79. The summed E-state index contributed by atoms with van der Waals surface area (Å²) in [6.07, 6.45) is 3.50. The molecule has 0 bridgehead atoms. The van der Waals surface area contributed by atoms with Crippen LogP contribution in [0.1, 0.15) is 30.0 Å². The Morgan fingerprint density at radius 1 is 1.36 bits per heavy atom. The number of hydrogen-bond donors (Lipinski definition) is 0. The molecule has 0 aliphatic carbocycles. The maximum absolute atomic E-state index is 12.8. The van der Waals surface area contributed by atoms with Crippen molar-refractivity contribution in [2.45, 2.75) is 32.7 Å². The van der Waals surface area contributed by atoms with E-state index in [1.807, 2.05) is 17.2 Å². The summed E-state index contributed by atoms with van der Waals surface area (Å²) >= 11 is 1.58. The number of aryl methyl sites for hydroxylation is 1. The zero-order valence-electron chi connectivity index (χ0n) is 12.9. The highest BCUT2D eigenvalue weighted by molar-refractivity contribution is 7.88. The van der Waals surface area contributed by atoms with Crippen LogP contribution in [0.15, 0.2) is 5.38 Å². The molecule has 3 rings (SSSR count). The number of rotatable bonds is 3. The first kappa shape index (κ1) is 15.9. The first-order valence-electron chi connectivity index (χ1n) is 7.46. The van der Waals surface area contributed by atoms with E-state index in [0.717, 1.165) is 30.0 Å². The molecule has 122 valence electrons. The monoisotopic (exact) mass is 343 g/mol. The Hall–Kier alpha value is -0.990. The van der Waals surface area contributed by atoms with E-state index in [2.05, 4.69) is 4.98 Å². The molecule has 1 unspecified atom stereocenters. The van der Waals surface area contributed by atoms with Crippen molar-refractivity contribution in [3.63, 3.8) is 0 Å². The van der Waals surface area contributed by atoms with E-state index in [1.165, 1.54) is 10.6 Å². The van der Waals surface area contributed by atoms with Gasteiger partial charge in [-0.05, 0) is 26.2 Å². The second-order valence-corrected chi connectivity index (χ2v) is 9.36. The van der Waals surface area contributed by atoms with Gasteiger partial charge in [-0.3, -0.25) is 4.79 Å². The fraction of sp³-hybridized carbons (Fsp3) is 0.714. The highest BCUT2D eigenvalue weighted by atomic mass is 32.2. The van der Waals surface area contributed by atoms with Gasteiger partial charge in [-0.15, -0.1) is 11.3 Å². The molecule has 1 aromatic heterocycles. The average molecular weight is 343 g/mol. The number of hydrogen-bond acceptors (Lipinski definition) is 5. The topological polar surface area (TPSA) is 70.6 Å². The second kappa shape index (κ2) is 5.58. The van der Waals surface area contributed by atoms with Crippen molar-refractivity contribution in [3.8, 4) is 0 Å². The zero-order valence-corrected chi connectivity index (χ0v) is 14.5. The van der Waals surface area contributed by atoms with Crippen LogP contribution in [-0.4, -0.2) is 54.4 Å². The third-order valence-corrected chi connectivity index (χ3v) is 6.70. The summed E-state index contributed by atoms with van der Waals surface area (Å²) in [6, 6.07) is 0. The number of aromatic nitrogens is 1. The molecule has 2 fully saturated rings. The van der Waals surface area contributed by atoms with Gasteiger partial charge >= 0.3 is 0 Å². The minimum absolute atomic E-state index is 0.0894. The Morgan fingerprint density at radius 2 is 2.14 bits per heavy atom. The lowest BCUT2D eigenvalue weighted by Gasteiger charge is -2.37. The number of carbonyl (C=O) groups is 1. The number of nitrogens with zero attached hydrogens (tertiary/aromatic N) is 3. The lowest BCUT2D eigenvalue weighted by molar-refractivity contribution is -0.138. The Bertz CT molecular complexity index is 685. The van der Waals surface area contributed by atoms with Crippen LogP contribution in [0.2, 0.25) is 0 Å². The standard InChI is InChI=1S/C14H21N3O3S2/c1-11-15-12(9-21-11)8-16-7-5-14(13(16)18)4-3-6-17(10-14)22(2,19)20/h9H,3-8,10H2,1-2H3. The summed E-state index contributed by atoms with van der Waals surface area (Å²) in [4.78, 5) is 19.1. The Labute approximate surface area is 135 Å². The van der Waals surface area contributed by atoms with E-state index >= 15 is 0 Å². The van der Waals surface area contributed by atoms with Gasteiger partial charge in [0.1, 0.15) is 0 Å². The quantitative estimate of drug-likeness (QED) is 0.827. The van der Waals surface area contributed by atoms with E-state index in [0.29, 0.717) is 26.2 Å². The molecule has 1 aromatic rings. The summed E-state index contributed by atoms with van der Waals surface area (Å²) in [6.45, 7) is 4.03. The van der Waals surface area contributed by atoms with Gasteiger partial charge in [0.15, 0.2) is 0 Å². The molecular weight excluding hydrogens is 322 g/mol. The van der Waals surface area contributed by atoms with E-state index in [9.17, 15) is 13.2 Å². The molecule has 1 atom stereocenters. The van der Waals surface area contributed by atoms with Gasteiger partial charge in [-0.25, -0.2) is 17.7 Å². The van der Waals surface area contributed by atoms with E-state index < -0.39 is 15.4 Å². The second-order valence-electron chi connectivity index (χ2n) is 6.31. The number of carbonyl (C=O) groups excluding carboxylic acids is 1. The minimum Gasteiger partial charge on any atom is -0.336 e. The number of likely N-dealkylation sites (tertiary alicyclic amines) is 1. The van der Waals surface area contributed by atoms with Crippen molar-refractivity contribution in [2.75, 3.05) is 25.9 Å². The Morgan fingerprint density at radius 3 is 2.77 bits per heavy atom. The van der Waals surface area contributed by atoms with Crippen molar-refractivity contribution in [3.05, 3.63) is 16.1 Å². The summed E-state index contributed by atoms with van der Waals surface area (Å²) in [5.74, 6) is 0.0894. The summed E-state index contributed by atoms with van der Waals surface area (Å²) in [5, 5.41) is 2.98. The maximum atomic E-state index is 12.8. The van der Waals surface area contributed by atoms with E-state index in [4.69, 9.17) is 0 Å². The Balaban J connectivity index is 1.74. The fourth-order valence-electron chi connectivity index (χ4n) is 3.47. The normalized spacial score (nSPS) is 27.0. The van der Waals surface area contributed by atoms with Crippen LogP contribution >= 0.6 is 11.3 Å². The van der Waals surface area contributed by atoms with Crippen LogP contribution in [0.4, 0.5) is 0 Å². The predicted octanol–water partition coefficient (Wildman–Crippen LogP) is 1.23. The first-order chi connectivity index (χ1) is 10.3. The molecule has 6 nitrogen and oxygen atoms in total. The number of piperidine rings is 1. The molecule has 0 radical (unpaired) electrons. The van der Waals surface area contributed by atoms with Gasteiger partial charge < -0.3 is 4.90 Å². The highest BCUT2D eigenvalue weighted by Crippen LogP contribution is 2.41. The van der Waals surface area contributed by atoms with Gasteiger partial charge in [-0.2, -0.15) is 0 Å². The molecular formula is C14H21N3O3S2. The minimum atomic E-state index is -3.23. The third kappa shape index (κ3) is 2.91. The van der Waals surface area contributed by atoms with Crippen LogP contribution in [0.5, 0.6) is 0 Å². The fourth-order valence-corrected chi connectivity index (χ4v) is 5.02. The molecule has 8 heteroatoms. The molecule has 0 aromatic carbocycles. The van der Waals surface area contributed by atoms with Gasteiger partial charge in [-0.1, -0.05) is 0 Å². The van der Waals surface area contributed by atoms with Crippen LogP contribution in [0.3, 0.4) is 0 Å². The first-order valence-corrected chi connectivity index (χ1v) is 10.2. The van der Waals surface area contributed by atoms with Crippen LogP contribution < -0.4 is 0 Å². The molecule has 3 heterocycles. The Kier molecular flexibility index (Phi) is 4.03. The lowest BCUT2D eigenvalue weighted by Crippen LogP contribution is -2.49. The van der Waals surface area contributed by atoms with Gasteiger partial charge in [0.05, 0.1) is 28.9 Å². The van der Waals surface area contributed by atoms with Gasteiger partial charge in [0.2, 0.25) is 15.9 Å². The van der Waals surface area contributed by atoms with Crippen molar-refractivity contribution in [1.29, 1.82) is 0 Å². The van der Waals surface area contributed by atoms with Crippen molar-refractivity contribution in [2.24, 2.45) is 5.41 Å². The van der Waals surface area contributed by atoms with Gasteiger partial charge in [0, 0.05) is 25.0 Å². The van der Waals surface area contributed by atoms with Crippen molar-refractivity contribution < 1.29 is 13.2 Å². The molecule has 0 saturated carbocycles. The summed E-state index contributed by atoms with van der Waals surface area (Å²) in [5.41, 5.74) is 0.399. The van der Waals surface area contributed by atoms with E-state index in [1.54, 1.807) is 11.3 Å². The smallest absolute Gasteiger partial charge is 0.230 e. The SMILES string of the molecule is Cc1nc(CN2CCC3(CCCN(S(C)(=O)=O)C3)C2=O)cs1. The number of sulfonamides is 1. The maximum Gasteiger partial charge on any atom is 0.230 e. The summed E-state index contributed by atoms with van der Waals surface area (Å²) in [7, 11) is -3.23. The average Bonchev–Trinajstić information content (AvgIpc) is 2.98. The molecule has 0 N–H and O–H groups in total. The highest BCUT2D eigenvalue weighted by Gasteiger charge is 2.50. The molecule has 2 aliphatic heterocycles. The summed E-state index contributed by atoms with van der Waals surface area (Å²) < 4.78 is 25.1. The van der Waals surface area contributed by atoms with Gasteiger partial charge in [0.25, 0.3) is 0 Å². The van der Waals surface area contributed by atoms with E-state index in [-0.39, 0.29) is 5.91 Å². The van der Waals surface area contributed by atoms with Crippen LogP contribution in [-0.2, 0) is 21.4 Å². The molecule has 22 heavy (non-hydrogen) atoms.